The second kappa shape index (κ2) is 12.1. The van der Waals surface area contributed by atoms with Crippen molar-refractivity contribution in [2.45, 2.75) is 9.79 Å². The average Bonchev–Trinajstić information content (AvgIpc) is 2.86. The van der Waals surface area contributed by atoms with Crippen LogP contribution in [0.15, 0.2) is 107 Å². The summed E-state index contributed by atoms with van der Waals surface area (Å²) in [7, 11) is -8.61. The van der Waals surface area contributed by atoms with Crippen molar-refractivity contribution in [1.82, 2.24) is 0 Å². The molecule has 4 aromatic rings. The molecule has 0 aromatic heterocycles. The summed E-state index contributed by atoms with van der Waals surface area (Å²) in [6.45, 7) is 0. The van der Waals surface area contributed by atoms with E-state index in [4.69, 9.17) is 0 Å². The number of rotatable bonds is 7. The quantitative estimate of drug-likeness (QED) is 0.180. The summed E-state index contributed by atoms with van der Waals surface area (Å²) >= 11 is 0. The van der Waals surface area contributed by atoms with Crippen LogP contribution in [0.5, 0.6) is 0 Å². The van der Waals surface area contributed by atoms with Gasteiger partial charge in [0.1, 0.15) is 9.79 Å². The standard InChI is InChI=1S/C28H22O6S2.Na.H/c29-35(30,31)27-7-3-1-5-25(27)19-13-21-9-15-23(16-10-21)24-17-11-22(12-18-24)14-20-26-6-2-4-8-28(26)36(32,33)34;;/h1-20H,(H,29,30,31)(H,32,33,34);;/b19-13+,20-14+;;. The number of benzene rings is 4. The van der Waals surface area contributed by atoms with Crippen molar-refractivity contribution in [2.75, 3.05) is 0 Å². The van der Waals surface area contributed by atoms with E-state index in [1.165, 1.54) is 12.1 Å². The van der Waals surface area contributed by atoms with Crippen LogP contribution in [0.3, 0.4) is 0 Å². The van der Waals surface area contributed by atoms with Crippen LogP contribution in [-0.2, 0) is 20.2 Å². The Labute approximate surface area is 238 Å². The molecule has 4 aromatic carbocycles. The Bertz CT molecular complexity index is 1530. The summed E-state index contributed by atoms with van der Waals surface area (Å²) in [6.07, 6.45) is 6.82. The third-order valence-corrected chi connectivity index (χ3v) is 7.31. The Morgan fingerprint density at radius 1 is 0.459 bits per heavy atom. The molecule has 0 aliphatic heterocycles. The summed E-state index contributed by atoms with van der Waals surface area (Å²) in [5.41, 5.74) is 4.48. The van der Waals surface area contributed by atoms with Gasteiger partial charge in [-0.1, -0.05) is 109 Å². The van der Waals surface area contributed by atoms with E-state index in [0.29, 0.717) is 11.1 Å². The van der Waals surface area contributed by atoms with Gasteiger partial charge in [-0.3, -0.25) is 9.11 Å². The van der Waals surface area contributed by atoms with E-state index in [-0.39, 0.29) is 39.3 Å². The van der Waals surface area contributed by atoms with Crippen LogP contribution in [0.4, 0.5) is 0 Å². The zero-order chi connectivity index (χ0) is 25.8. The van der Waals surface area contributed by atoms with Gasteiger partial charge in [0.25, 0.3) is 20.2 Å². The molecule has 0 spiro atoms. The van der Waals surface area contributed by atoms with Gasteiger partial charge in [0.2, 0.25) is 0 Å². The van der Waals surface area contributed by atoms with Gasteiger partial charge in [-0.05, 0) is 45.5 Å². The molecule has 0 unspecified atom stereocenters. The minimum absolute atomic E-state index is 0. The topological polar surface area (TPSA) is 109 Å². The molecule has 6 nitrogen and oxygen atoms in total. The molecule has 9 heteroatoms. The molecule has 0 amide bonds. The van der Waals surface area contributed by atoms with Gasteiger partial charge >= 0.3 is 29.6 Å². The zero-order valence-electron chi connectivity index (χ0n) is 18.9. The van der Waals surface area contributed by atoms with Crippen molar-refractivity contribution in [1.29, 1.82) is 0 Å². The van der Waals surface area contributed by atoms with E-state index >= 15 is 0 Å². The average molecular weight is 543 g/mol. The van der Waals surface area contributed by atoms with Crippen LogP contribution in [0.2, 0.25) is 0 Å². The summed E-state index contributed by atoms with van der Waals surface area (Å²) in [4.78, 5) is -0.290. The Hall–Kier alpha value is -2.82. The minimum atomic E-state index is -4.31. The van der Waals surface area contributed by atoms with Crippen LogP contribution < -0.4 is 0 Å². The molecule has 0 bridgehead atoms. The Balaban J connectivity index is 0.00000380. The molecule has 0 saturated heterocycles. The summed E-state index contributed by atoms with van der Waals surface area (Å²) in [6, 6.07) is 27.8. The molecule has 184 valence electrons. The van der Waals surface area contributed by atoms with E-state index in [0.717, 1.165) is 22.3 Å². The monoisotopic (exact) mass is 542 g/mol. The van der Waals surface area contributed by atoms with E-state index in [1.807, 2.05) is 48.5 Å². The van der Waals surface area contributed by atoms with Gasteiger partial charge in [0.05, 0.1) is 0 Å². The van der Waals surface area contributed by atoms with Crippen LogP contribution >= 0.6 is 0 Å². The van der Waals surface area contributed by atoms with Gasteiger partial charge < -0.3 is 0 Å². The fraction of sp³-hybridized carbons (Fsp3) is 0. The van der Waals surface area contributed by atoms with E-state index < -0.39 is 20.2 Å². The maximum absolute atomic E-state index is 11.5. The Kier molecular flexibility index (Phi) is 9.44. The molecule has 0 atom stereocenters. The van der Waals surface area contributed by atoms with E-state index in [1.54, 1.807) is 60.7 Å². The third-order valence-electron chi connectivity index (χ3n) is 5.46. The van der Waals surface area contributed by atoms with Crippen molar-refractivity contribution in [3.05, 3.63) is 119 Å². The van der Waals surface area contributed by atoms with E-state index in [2.05, 4.69) is 0 Å². The first kappa shape index (κ1) is 28.7. The molecule has 2 N–H and O–H groups in total. The van der Waals surface area contributed by atoms with Crippen molar-refractivity contribution in [3.8, 4) is 11.1 Å². The molecule has 4 rings (SSSR count). The van der Waals surface area contributed by atoms with Gasteiger partial charge in [0.15, 0.2) is 0 Å². The van der Waals surface area contributed by atoms with E-state index in [9.17, 15) is 25.9 Å². The maximum atomic E-state index is 11.5. The first-order valence-electron chi connectivity index (χ1n) is 10.8. The SMILES string of the molecule is O=S(=O)(O)c1ccccc1/C=C/c1ccc(-c2ccc(/C=C/c3ccccc3S(=O)(=O)O)cc2)cc1.[NaH]. The molecule has 0 saturated carbocycles. The fourth-order valence-electron chi connectivity index (χ4n) is 3.65. The second-order valence-corrected chi connectivity index (χ2v) is 10.7. The number of hydrogen-bond donors (Lipinski definition) is 2. The molecular weight excluding hydrogens is 519 g/mol. The molecule has 0 fully saturated rings. The molecule has 0 aliphatic carbocycles. The van der Waals surface area contributed by atoms with Crippen molar-refractivity contribution in [2.24, 2.45) is 0 Å². The van der Waals surface area contributed by atoms with Crippen molar-refractivity contribution >= 4 is 74.1 Å². The summed E-state index contributed by atoms with van der Waals surface area (Å²) in [5, 5.41) is 0. The Morgan fingerprint density at radius 2 is 0.784 bits per heavy atom. The number of hydrogen-bond acceptors (Lipinski definition) is 4. The third kappa shape index (κ3) is 7.59. The van der Waals surface area contributed by atoms with Gasteiger partial charge in [-0.15, -0.1) is 0 Å². The predicted molar refractivity (Wildman–Crippen MR) is 149 cm³/mol. The van der Waals surface area contributed by atoms with Gasteiger partial charge in [-0.25, -0.2) is 0 Å². The summed E-state index contributed by atoms with van der Waals surface area (Å²) in [5.74, 6) is 0. The molecule has 37 heavy (non-hydrogen) atoms. The Morgan fingerprint density at radius 3 is 1.11 bits per heavy atom. The van der Waals surface area contributed by atoms with Crippen molar-refractivity contribution in [3.63, 3.8) is 0 Å². The molecular formula is C28H23NaO6S2. The molecule has 0 heterocycles. The zero-order valence-corrected chi connectivity index (χ0v) is 20.5. The normalized spacial score (nSPS) is 12.1. The second-order valence-electron chi connectivity index (χ2n) is 7.94. The van der Waals surface area contributed by atoms with Gasteiger partial charge in [-0.2, -0.15) is 16.8 Å². The van der Waals surface area contributed by atoms with Crippen LogP contribution in [0, 0.1) is 0 Å². The molecule has 0 radical (unpaired) electrons. The summed E-state index contributed by atoms with van der Waals surface area (Å²) < 4.78 is 64.9. The van der Waals surface area contributed by atoms with Crippen LogP contribution in [0.1, 0.15) is 22.3 Å². The molecule has 0 aliphatic rings. The van der Waals surface area contributed by atoms with Gasteiger partial charge in [0, 0.05) is 0 Å². The first-order valence-corrected chi connectivity index (χ1v) is 13.7. The fourth-order valence-corrected chi connectivity index (χ4v) is 5.02. The van der Waals surface area contributed by atoms with Crippen LogP contribution in [0.25, 0.3) is 35.4 Å². The van der Waals surface area contributed by atoms with Crippen molar-refractivity contribution < 1.29 is 25.9 Å². The van der Waals surface area contributed by atoms with Crippen LogP contribution in [-0.4, -0.2) is 55.5 Å². The predicted octanol–water partition coefficient (Wildman–Crippen LogP) is 5.54. The first-order chi connectivity index (χ1) is 17.1.